The van der Waals surface area contributed by atoms with Crippen LogP contribution in [-0.4, -0.2) is 23.8 Å². The van der Waals surface area contributed by atoms with Crippen LogP contribution in [0.15, 0.2) is 42.6 Å². The summed E-state index contributed by atoms with van der Waals surface area (Å²) in [6, 6.07) is 9.78. The number of benzene rings is 2. The van der Waals surface area contributed by atoms with Gasteiger partial charge in [-0.3, -0.25) is 9.59 Å². The van der Waals surface area contributed by atoms with Crippen LogP contribution in [0.1, 0.15) is 10.4 Å². The Bertz CT molecular complexity index is 950. The Morgan fingerprint density at radius 1 is 1.08 bits per heavy atom. The van der Waals surface area contributed by atoms with Gasteiger partial charge in [-0.25, -0.2) is 0 Å². The number of H-pyrrole nitrogens is 1. The maximum Gasteiger partial charge on any atom is 0.296 e. The van der Waals surface area contributed by atoms with Crippen molar-refractivity contribution in [3.8, 4) is 5.75 Å². The normalized spacial score (nSPS) is 10.6. The number of ketones is 1. The van der Waals surface area contributed by atoms with Crippen LogP contribution in [0.25, 0.3) is 10.9 Å². The third-order valence-electron chi connectivity index (χ3n) is 3.50. The van der Waals surface area contributed by atoms with E-state index in [1.54, 1.807) is 30.3 Å². The third kappa shape index (κ3) is 3.09. The van der Waals surface area contributed by atoms with Crippen LogP contribution in [0, 0.1) is 0 Å². The smallest absolute Gasteiger partial charge is 0.296 e. The summed E-state index contributed by atoms with van der Waals surface area (Å²) in [5, 5.41) is 4.11. The second-order valence-electron chi connectivity index (χ2n) is 5.02. The van der Waals surface area contributed by atoms with E-state index in [4.69, 9.17) is 27.9 Å². The van der Waals surface area contributed by atoms with Crippen LogP contribution >= 0.6 is 23.2 Å². The molecule has 122 valence electrons. The number of fused-ring (bicyclic) bond motifs is 1. The topological polar surface area (TPSA) is 71.2 Å². The molecule has 1 amide bonds. The minimum Gasteiger partial charge on any atom is -0.495 e. The number of hydrogen-bond acceptors (Lipinski definition) is 3. The van der Waals surface area contributed by atoms with Gasteiger partial charge in [0.25, 0.3) is 11.7 Å². The second-order valence-corrected chi connectivity index (χ2v) is 5.89. The second kappa shape index (κ2) is 6.55. The van der Waals surface area contributed by atoms with Gasteiger partial charge in [-0.05, 0) is 30.3 Å². The molecule has 3 rings (SSSR count). The van der Waals surface area contributed by atoms with Crippen LogP contribution in [0.4, 0.5) is 5.69 Å². The zero-order chi connectivity index (χ0) is 17.3. The van der Waals surface area contributed by atoms with Crippen molar-refractivity contribution < 1.29 is 14.3 Å². The van der Waals surface area contributed by atoms with E-state index in [-0.39, 0.29) is 5.56 Å². The van der Waals surface area contributed by atoms with Crippen LogP contribution in [0.2, 0.25) is 10.0 Å². The molecule has 0 atom stereocenters. The number of aromatic nitrogens is 1. The fraction of sp³-hybridized carbons (Fsp3) is 0.0588. The molecule has 0 aliphatic carbocycles. The summed E-state index contributed by atoms with van der Waals surface area (Å²) in [5.41, 5.74) is 1.27. The van der Waals surface area contributed by atoms with Gasteiger partial charge in [0.05, 0.1) is 18.4 Å². The summed E-state index contributed by atoms with van der Waals surface area (Å²) in [5.74, 6) is -1.05. The van der Waals surface area contributed by atoms with E-state index in [9.17, 15) is 9.59 Å². The Labute approximate surface area is 147 Å². The molecular formula is C17H12Cl2N2O3. The number of anilines is 1. The number of Topliss-reactive ketones (excluding diaryl/α,β-unsaturated/α-hetero) is 1. The highest BCUT2D eigenvalue weighted by Crippen LogP contribution is 2.28. The Morgan fingerprint density at radius 3 is 2.54 bits per heavy atom. The van der Waals surface area contributed by atoms with Gasteiger partial charge in [0.15, 0.2) is 0 Å². The average Bonchev–Trinajstić information content (AvgIpc) is 2.97. The molecular weight excluding hydrogens is 351 g/mol. The van der Waals surface area contributed by atoms with Crippen LogP contribution < -0.4 is 10.1 Å². The highest BCUT2D eigenvalue weighted by atomic mass is 35.5. The van der Waals surface area contributed by atoms with E-state index in [1.807, 2.05) is 0 Å². The summed E-state index contributed by atoms with van der Waals surface area (Å²) >= 11 is 11.8. The summed E-state index contributed by atoms with van der Waals surface area (Å²) < 4.78 is 5.15. The molecule has 0 saturated carbocycles. The summed E-state index contributed by atoms with van der Waals surface area (Å²) in [7, 11) is 1.46. The fourth-order valence-electron chi connectivity index (χ4n) is 2.37. The van der Waals surface area contributed by atoms with Crippen LogP contribution in [0.5, 0.6) is 5.75 Å². The van der Waals surface area contributed by atoms with Crippen molar-refractivity contribution in [2.45, 2.75) is 0 Å². The number of halogens is 2. The molecule has 0 aliphatic heterocycles. The number of amides is 1. The van der Waals surface area contributed by atoms with Crippen LogP contribution in [0.3, 0.4) is 0 Å². The van der Waals surface area contributed by atoms with Gasteiger partial charge in [0.1, 0.15) is 5.75 Å². The molecule has 0 radical (unpaired) electrons. The first kappa shape index (κ1) is 16.4. The van der Waals surface area contributed by atoms with E-state index >= 15 is 0 Å². The van der Waals surface area contributed by atoms with E-state index in [0.717, 1.165) is 0 Å². The number of carbonyl (C=O) groups excluding carboxylic acids is 2. The van der Waals surface area contributed by atoms with Gasteiger partial charge in [-0.15, -0.1) is 0 Å². The number of aromatic amines is 1. The number of hydrogen-bond donors (Lipinski definition) is 2. The van der Waals surface area contributed by atoms with Crippen molar-refractivity contribution in [3.05, 3.63) is 58.2 Å². The Hall–Kier alpha value is -2.50. The van der Waals surface area contributed by atoms with E-state index in [2.05, 4.69) is 10.3 Å². The first-order chi connectivity index (χ1) is 11.5. The average molecular weight is 363 g/mol. The molecule has 5 nitrogen and oxygen atoms in total. The lowest BCUT2D eigenvalue weighted by Crippen LogP contribution is -2.23. The molecule has 3 aromatic rings. The molecule has 0 bridgehead atoms. The van der Waals surface area contributed by atoms with Gasteiger partial charge >= 0.3 is 0 Å². The largest absolute Gasteiger partial charge is 0.495 e. The fourth-order valence-corrected chi connectivity index (χ4v) is 2.71. The Morgan fingerprint density at radius 2 is 1.79 bits per heavy atom. The molecule has 0 aliphatic rings. The predicted molar refractivity (Wildman–Crippen MR) is 94.3 cm³/mol. The highest BCUT2D eigenvalue weighted by Gasteiger charge is 2.21. The maximum atomic E-state index is 12.5. The van der Waals surface area contributed by atoms with Gasteiger partial charge in [-0.1, -0.05) is 29.3 Å². The molecule has 0 fully saturated rings. The van der Waals surface area contributed by atoms with Crippen molar-refractivity contribution in [1.29, 1.82) is 0 Å². The first-order valence-corrected chi connectivity index (χ1v) is 7.71. The maximum absolute atomic E-state index is 12.5. The third-order valence-corrected chi connectivity index (χ3v) is 3.97. The van der Waals surface area contributed by atoms with Gasteiger partial charge in [-0.2, -0.15) is 0 Å². The number of rotatable bonds is 4. The molecule has 24 heavy (non-hydrogen) atoms. The molecule has 0 unspecified atom stereocenters. The summed E-state index contributed by atoms with van der Waals surface area (Å²) in [6.45, 7) is 0. The molecule has 2 aromatic carbocycles. The number of ether oxygens (including phenoxy) is 1. The first-order valence-electron chi connectivity index (χ1n) is 6.95. The minimum atomic E-state index is -0.786. The molecule has 1 heterocycles. The van der Waals surface area contributed by atoms with Crippen molar-refractivity contribution in [2.75, 3.05) is 12.4 Å². The molecule has 0 saturated heterocycles. The van der Waals surface area contributed by atoms with Crippen molar-refractivity contribution in [2.24, 2.45) is 0 Å². The van der Waals surface area contributed by atoms with E-state index in [0.29, 0.717) is 32.4 Å². The highest BCUT2D eigenvalue weighted by molar-refractivity contribution is 6.48. The lowest BCUT2D eigenvalue weighted by atomic mass is 10.1. The van der Waals surface area contributed by atoms with E-state index < -0.39 is 11.7 Å². The Kier molecular flexibility index (Phi) is 4.46. The SMILES string of the molecule is COc1ccc(Cl)cc1NC(=O)C(=O)c1c[nH]c2cc(Cl)ccc12. The zero-order valence-corrected chi connectivity index (χ0v) is 14.0. The zero-order valence-electron chi connectivity index (χ0n) is 12.5. The molecule has 7 heteroatoms. The van der Waals surface area contributed by atoms with Gasteiger partial charge in [0.2, 0.25) is 0 Å². The quantitative estimate of drug-likeness (QED) is 0.536. The number of methoxy groups -OCH3 is 1. The van der Waals surface area contributed by atoms with Gasteiger partial charge in [0, 0.05) is 27.1 Å². The standard InChI is InChI=1S/C17H12Cl2N2O3/c1-24-15-5-3-10(19)7-14(15)21-17(23)16(22)12-8-20-13-6-9(18)2-4-11(12)13/h2-8,20H,1H3,(H,21,23). The van der Waals surface area contributed by atoms with Gasteiger partial charge < -0.3 is 15.0 Å². The summed E-state index contributed by atoms with van der Waals surface area (Å²) in [6.07, 6.45) is 1.48. The minimum absolute atomic E-state index is 0.264. The number of nitrogens with one attached hydrogen (secondary N) is 2. The predicted octanol–water partition coefficient (Wildman–Crippen LogP) is 4.30. The summed E-state index contributed by atoms with van der Waals surface area (Å²) in [4.78, 5) is 27.7. The number of carbonyl (C=O) groups is 2. The van der Waals surface area contributed by atoms with Crippen molar-refractivity contribution >= 4 is 51.5 Å². The lowest BCUT2D eigenvalue weighted by molar-refractivity contribution is -0.112. The van der Waals surface area contributed by atoms with Crippen molar-refractivity contribution in [1.82, 2.24) is 4.98 Å². The lowest BCUT2D eigenvalue weighted by Gasteiger charge is -2.09. The Balaban J connectivity index is 1.89. The monoisotopic (exact) mass is 362 g/mol. The van der Waals surface area contributed by atoms with Crippen LogP contribution in [-0.2, 0) is 4.79 Å². The molecule has 0 spiro atoms. The molecule has 2 N–H and O–H groups in total. The molecule has 1 aromatic heterocycles. The van der Waals surface area contributed by atoms with E-state index in [1.165, 1.54) is 19.4 Å². The van der Waals surface area contributed by atoms with Crippen molar-refractivity contribution in [3.63, 3.8) is 0 Å².